The van der Waals surface area contributed by atoms with Gasteiger partial charge in [0.2, 0.25) is 5.91 Å². The molecule has 0 bridgehead atoms. The van der Waals surface area contributed by atoms with Crippen molar-refractivity contribution in [3.8, 4) is 0 Å². The number of halogens is 2. The van der Waals surface area contributed by atoms with Crippen molar-refractivity contribution in [3.05, 3.63) is 34.1 Å². The van der Waals surface area contributed by atoms with Gasteiger partial charge in [-0.3, -0.25) is 4.79 Å². The van der Waals surface area contributed by atoms with Crippen LogP contribution in [-0.4, -0.2) is 5.91 Å². The lowest BCUT2D eigenvalue weighted by Crippen LogP contribution is -2.10. The van der Waals surface area contributed by atoms with Crippen LogP contribution < -0.4 is 5.73 Å². The Morgan fingerprint density at radius 2 is 2.14 bits per heavy atom. The van der Waals surface area contributed by atoms with E-state index in [2.05, 4.69) is 15.9 Å². The molecule has 0 aromatic heterocycles. The van der Waals surface area contributed by atoms with Crippen LogP contribution in [0.3, 0.4) is 0 Å². The summed E-state index contributed by atoms with van der Waals surface area (Å²) in [6.45, 7) is 0. The van der Waals surface area contributed by atoms with Gasteiger partial charge in [-0.05, 0) is 36.6 Å². The van der Waals surface area contributed by atoms with Crippen LogP contribution in [0.15, 0.2) is 22.7 Å². The third-order valence-corrected chi connectivity index (χ3v) is 2.27. The summed E-state index contributed by atoms with van der Waals surface area (Å²) >= 11 is 3.20. The second-order valence-corrected chi connectivity index (χ2v) is 4.01. The highest BCUT2D eigenvalue weighted by Gasteiger charge is 2.00. The Morgan fingerprint density at radius 1 is 1.43 bits per heavy atom. The van der Waals surface area contributed by atoms with Gasteiger partial charge in [0, 0.05) is 10.9 Å². The van der Waals surface area contributed by atoms with Crippen molar-refractivity contribution in [2.24, 2.45) is 5.73 Å². The van der Waals surface area contributed by atoms with E-state index < -0.39 is 0 Å². The molecule has 1 aromatic rings. The van der Waals surface area contributed by atoms with Crippen LogP contribution in [0.25, 0.3) is 0 Å². The molecule has 0 atom stereocenters. The first-order valence-corrected chi connectivity index (χ1v) is 5.10. The van der Waals surface area contributed by atoms with Crippen molar-refractivity contribution >= 4 is 21.8 Å². The number of nitrogens with two attached hydrogens (primary N) is 1. The van der Waals surface area contributed by atoms with Crippen LogP contribution >= 0.6 is 15.9 Å². The van der Waals surface area contributed by atoms with Crippen molar-refractivity contribution in [1.82, 2.24) is 0 Å². The summed E-state index contributed by atoms with van der Waals surface area (Å²) in [7, 11) is 0. The Balaban J connectivity index is 2.54. The Hall–Kier alpha value is -0.900. The van der Waals surface area contributed by atoms with Crippen molar-refractivity contribution in [1.29, 1.82) is 0 Å². The highest BCUT2D eigenvalue weighted by Crippen LogP contribution is 2.16. The first-order chi connectivity index (χ1) is 6.58. The maximum absolute atomic E-state index is 12.9. The Bertz CT molecular complexity index is 321. The highest BCUT2D eigenvalue weighted by atomic mass is 79.9. The maximum atomic E-state index is 12.9. The minimum absolute atomic E-state index is 0.270. The van der Waals surface area contributed by atoms with Crippen LogP contribution in [0.5, 0.6) is 0 Å². The van der Waals surface area contributed by atoms with Gasteiger partial charge in [0.25, 0.3) is 0 Å². The summed E-state index contributed by atoms with van der Waals surface area (Å²) in [6, 6.07) is 4.70. The molecule has 0 saturated heterocycles. The van der Waals surface area contributed by atoms with E-state index in [-0.39, 0.29) is 11.7 Å². The molecule has 0 aliphatic rings. The zero-order chi connectivity index (χ0) is 10.6. The zero-order valence-corrected chi connectivity index (χ0v) is 9.18. The monoisotopic (exact) mass is 259 g/mol. The van der Waals surface area contributed by atoms with Gasteiger partial charge in [-0.2, -0.15) is 0 Å². The van der Waals surface area contributed by atoms with Gasteiger partial charge in [0.05, 0.1) is 0 Å². The van der Waals surface area contributed by atoms with E-state index in [0.717, 1.165) is 5.56 Å². The molecule has 0 spiro atoms. The molecule has 0 aliphatic carbocycles. The lowest BCUT2D eigenvalue weighted by molar-refractivity contribution is -0.118. The Kier molecular flexibility index (Phi) is 4.07. The second kappa shape index (κ2) is 5.10. The minimum atomic E-state index is -0.319. The average molecular weight is 260 g/mol. The van der Waals surface area contributed by atoms with Crippen LogP contribution in [0, 0.1) is 5.82 Å². The third kappa shape index (κ3) is 3.87. The van der Waals surface area contributed by atoms with E-state index in [1.807, 2.05) is 6.07 Å². The van der Waals surface area contributed by atoms with E-state index in [9.17, 15) is 9.18 Å². The maximum Gasteiger partial charge on any atom is 0.217 e. The predicted molar refractivity (Wildman–Crippen MR) is 56.2 cm³/mol. The molecule has 0 radical (unpaired) electrons. The highest BCUT2D eigenvalue weighted by molar-refractivity contribution is 9.10. The van der Waals surface area contributed by atoms with E-state index in [4.69, 9.17) is 5.73 Å². The second-order valence-electron chi connectivity index (χ2n) is 3.10. The SMILES string of the molecule is NC(=O)CCCc1cc(F)cc(Br)c1. The van der Waals surface area contributed by atoms with Gasteiger partial charge in [-0.1, -0.05) is 15.9 Å². The summed E-state index contributed by atoms with van der Waals surface area (Å²) in [4.78, 5) is 10.5. The van der Waals surface area contributed by atoms with Gasteiger partial charge in [-0.15, -0.1) is 0 Å². The number of hydrogen-bond donors (Lipinski definition) is 1. The summed E-state index contributed by atoms with van der Waals surface area (Å²) in [5.74, 6) is -0.589. The number of hydrogen-bond acceptors (Lipinski definition) is 1. The molecule has 0 fully saturated rings. The molecule has 0 heterocycles. The van der Waals surface area contributed by atoms with Gasteiger partial charge < -0.3 is 5.73 Å². The van der Waals surface area contributed by atoms with Crippen LogP contribution in [0.4, 0.5) is 4.39 Å². The lowest BCUT2D eigenvalue weighted by atomic mass is 10.1. The molecular weight excluding hydrogens is 249 g/mol. The summed E-state index contributed by atoms with van der Waals surface area (Å²) in [5, 5.41) is 0. The van der Waals surface area contributed by atoms with Crippen molar-refractivity contribution in [2.45, 2.75) is 19.3 Å². The summed E-state index contributed by atoms with van der Waals surface area (Å²) < 4.78 is 13.6. The standard InChI is InChI=1S/C10H11BrFNO/c11-8-4-7(5-9(12)6-8)2-1-3-10(13)14/h4-6H,1-3H2,(H2,13,14). The molecule has 1 amide bonds. The fourth-order valence-electron chi connectivity index (χ4n) is 1.22. The molecule has 2 N–H and O–H groups in total. The largest absolute Gasteiger partial charge is 0.370 e. The molecule has 0 unspecified atom stereocenters. The fraction of sp³-hybridized carbons (Fsp3) is 0.300. The number of aryl methyl sites for hydroxylation is 1. The van der Waals surface area contributed by atoms with Crippen LogP contribution in [0.2, 0.25) is 0 Å². The average Bonchev–Trinajstić information content (AvgIpc) is 2.01. The molecule has 1 aromatic carbocycles. The Morgan fingerprint density at radius 3 is 2.71 bits per heavy atom. The quantitative estimate of drug-likeness (QED) is 0.887. The van der Waals surface area contributed by atoms with Gasteiger partial charge in [-0.25, -0.2) is 4.39 Å². The molecule has 4 heteroatoms. The zero-order valence-electron chi connectivity index (χ0n) is 7.59. The molecular formula is C10H11BrFNO. The summed E-state index contributed by atoms with van der Waals surface area (Å²) in [5.41, 5.74) is 5.87. The normalized spacial score (nSPS) is 10.1. The molecule has 2 nitrogen and oxygen atoms in total. The van der Waals surface area contributed by atoms with Crippen molar-refractivity contribution < 1.29 is 9.18 Å². The van der Waals surface area contributed by atoms with Gasteiger partial charge in [0.15, 0.2) is 0 Å². The molecule has 1 rings (SSSR count). The summed E-state index contributed by atoms with van der Waals surface area (Å²) in [6.07, 6.45) is 1.67. The first-order valence-electron chi connectivity index (χ1n) is 4.31. The first kappa shape index (κ1) is 11.2. The van der Waals surface area contributed by atoms with Gasteiger partial charge in [0.1, 0.15) is 5.82 Å². The van der Waals surface area contributed by atoms with Crippen molar-refractivity contribution in [3.63, 3.8) is 0 Å². The lowest BCUT2D eigenvalue weighted by Gasteiger charge is -2.01. The molecule has 0 saturated carbocycles. The fourth-order valence-corrected chi connectivity index (χ4v) is 1.73. The number of rotatable bonds is 4. The van der Waals surface area contributed by atoms with E-state index in [0.29, 0.717) is 23.7 Å². The van der Waals surface area contributed by atoms with Crippen LogP contribution in [0.1, 0.15) is 18.4 Å². The van der Waals surface area contributed by atoms with Crippen LogP contribution in [-0.2, 0) is 11.2 Å². The third-order valence-electron chi connectivity index (χ3n) is 1.81. The number of carbonyl (C=O) groups is 1. The Labute approximate surface area is 90.4 Å². The topological polar surface area (TPSA) is 43.1 Å². The molecule has 14 heavy (non-hydrogen) atoms. The minimum Gasteiger partial charge on any atom is -0.370 e. The molecule has 0 aliphatic heterocycles. The number of primary amides is 1. The predicted octanol–water partition coefficient (Wildman–Crippen LogP) is 2.40. The number of amides is 1. The van der Waals surface area contributed by atoms with Crippen molar-refractivity contribution in [2.75, 3.05) is 0 Å². The van der Waals surface area contributed by atoms with Gasteiger partial charge >= 0.3 is 0 Å². The van der Waals surface area contributed by atoms with E-state index in [1.165, 1.54) is 12.1 Å². The van der Waals surface area contributed by atoms with E-state index >= 15 is 0 Å². The smallest absolute Gasteiger partial charge is 0.217 e. The molecule has 76 valence electrons. The number of carbonyl (C=O) groups excluding carboxylic acids is 1. The van der Waals surface area contributed by atoms with E-state index in [1.54, 1.807) is 0 Å². The number of benzene rings is 1.